The largest absolute Gasteiger partial charge is 0.207 e. The van der Waals surface area contributed by atoms with E-state index < -0.39 is 0 Å². The fraction of sp³-hybridized carbons (Fsp3) is 0.143. The van der Waals surface area contributed by atoms with Crippen molar-refractivity contribution in [3.05, 3.63) is 35.6 Å². The molecule has 44 valence electrons. The Bertz CT molecular complexity index is 198. The van der Waals surface area contributed by atoms with Gasteiger partial charge in [-0.1, -0.05) is 24.5 Å². The van der Waals surface area contributed by atoms with Crippen LogP contribution in [0.15, 0.2) is 24.3 Å². The third-order valence-electron chi connectivity index (χ3n) is 1.18. The van der Waals surface area contributed by atoms with Crippen LogP contribution in [0.4, 0.5) is 4.39 Å². The van der Waals surface area contributed by atoms with Gasteiger partial charge < -0.3 is 0 Å². The van der Waals surface area contributed by atoms with E-state index >= 15 is 0 Å². The first-order valence-corrected chi connectivity index (χ1v) is 2.78. The van der Waals surface area contributed by atoms with Gasteiger partial charge in [-0.2, -0.15) is 0 Å². The smallest absolute Gasteiger partial charge is 0.125 e. The highest BCUT2D eigenvalue weighted by Gasteiger charge is 1.93. The highest BCUT2D eigenvalue weighted by Crippen LogP contribution is 2.04. The maximum absolute atomic E-state index is 12.5. The lowest BCUT2D eigenvalue weighted by molar-refractivity contribution is 0.617. The van der Waals surface area contributed by atoms with Crippen LogP contribution in [0.5, 0.6) is 0 Å². The SMILES string of the molecule is [B]Cc1ccccc1F. The van der Waals surface area contributed by atoms with Crippen molar-refractivity contribution >= 4 is 7.85 Å². The Morgan fingerprint density at radius 3 is 2.44 bits per heavy atom. The summed E-state index contributed by atoms with van der Waals surface area (Å²) in [6.07, 6.45) is 0.271. The highest BCUT2D eigenvalue weighted by molar-refractivity contribution is 6.08. The molecule has 0 aliphatic carbocycles. The zero-order valence-corrected chi connectivity index (χ0v) is 4.97. The number of benzene rings is 1. The second kappa shape index (κ2) is 2.67. The molecule has 0 saturated carbocycles. The van der Waals surface area contributed by atoms with E-state index in [1.165, 1.54) is 6.07 Å². The normalized spacial score (nSPS) is 9.44. The molecule has 2 heteroatoms. The minimum absolute atomic E-state index is 0.222. The van der Waals surface area contributed by atoms with Crippen LogP contribution in [-0.4, -0.2) is 7.85 Å². The second-order valence-electron chi connectivity index (χ2n) is 1.80. The molecule has 0 aliphatic heterocycles. The van der Waals surface area contributed by atoms with Gasteiger partial charge in [-0.3, -0.25) is 0 Å². The molecule has 2 radical (unpaired) electrons. The van der Waals surface area contributed by atoms with Crippen LogP contribution in [0, 0.1) is 5.82 Å². The van der Waals surface area contributed by atoms with Crippen LogP contribution in [0.25, 0.3) is 0 Å². The van der Waals surface area contributed by atoms with Crippen LogP contribution < -0.4 is 0 Å². The fourth-order valence-corrected chi connectivity index (χ4v) is 0.664. The number of hydrogen-bond acceptors (Lipinski definition) is 0. The van der Waals surface area contributed by atoms with E-state index in [-0.39, 0.29) is 12.1 Å². The van der Waals surface area contributed by atoms with E-state index in [1.54, 1.807) is 18.2 Å². The number of halogens is 1. The zero-order chi connectivity index (χ0) is 6.69. The van der Waals surface area contributed by atoms with Gasteiger partial charge in [-0.25, -0.2) is 4.39 Å². The molecule has 1 aromatic rings. The Morgan fingerprint density at radius 1 is 1.33 bits per heavy atom. The van der Waals surface area contributed by atoms with Gasteiger partial charge in [0.25, 0.3) is 0 Å². The molecule has 9 heavy (non-hydrogen) atoms. The van der Waals surface area contributed by atoms with E-state index in [1.807, 2.05) is 0 Å². The monoisotopic (exact) mass is 120 g/mol. The van der Waals surface area contributed by atoms with Crippen LogP contribution in [0.1, 0.15) is 5.56 Å². The lowest BCUT2D eigenvalue weighted by Crippen LogP contribution is -1.87. The van der Waals surface area contributed by atoms with Crippen LogP contribution in [-0.2, 0) is 6.32 Å². The van der Waals surface area contributed by atoms with Crippen molar-refractivity contribution in [3.63, 3.8) is 0 Å². The summed E-state index contributed by atoms with van der Waals surface area (Å²) in [6.45, 7) is 0. The number of rotatable bonds is 1. The molecule has 0 amide bonds. The van der Waals surface area contributed by atoms with E-state index in [0.717, 1.165) is 0 Å². The predicted molar refractivity (Wildman–Crippen MR) is 35.9 cm³/mol. The van der Waals surface area contributed by atoms with E-state index in [0.29, 0.717) is 5.56 Å². The molecule has 0 N–H and O–H groups in total. The van der Waals surface area contributed by atoms with Gasteiger partial charge in [-0.05, 0) is 11.6 Å². The summed E-state index contributed by atoms with van der Waals surface area (Å²) in [7, 11) is 5.21. The topological polar surface area (TPSA) is 0 Å². The second-order valence-corrected chi connectivity index (χ2v) is 1.80. The Hall–Kier alpha value is -0.785. The van der Waals surface area contributed by atoms with E-state index in [2.05, 4.69) is 0 Å². The summed E-state index contributed by atoms with van der Waals surface area (Å²) >= 11 is 0. The summed E-state index contributed by atoms with van der Waals surface area (Å²) in [6, 6.07) is 6.50. The third kappa shape index (κ3) is 1.32. The first-order chi connectivity index (χ1) is 4.34. The summed E-state index contributed by atoms with van der Waals surface area (Å²) in [4.78, 5) is 0. The van der Waals surface area contributed by atoms with Crippen molar-refractivity contribution < 1.29 is 4.39 Å². The predicted octanol–water partition coefficient (Wildman–Crippen LogP) is 1.49. The van der Waals surface area contributed by atoms with Gasteiger partial charge in [0.05, 0.1) is 7.85 Å². The summed E-state index contributed by atoms with van der Waals surface area (Å²) in [5, 5.41) is 0. The maximum Gasteiger partial charge on any atom is 0.125 e. The summed E-state index contributed by atoms with van der Waals surface area (Å²) in [5.74, 6) is -0.222. The minimum atomic E-state index is -0.222. The molecular weight excluding hydrogens is 114 g/mol. The first-order valence-electron chi connectivity index (χ1n) is 2.78. The van der Waals surface area contributed by atoms with Crippen molar-refractivity contribution in [3.8, 4) is 0 Å². The van der Waals surface area contributed by atoms with Crippen LogP contribution in [0.2, 0.25) is 0 Å². The molecule has 0 bridgehead atoms. The van der Waals surface area contributed by atoms with Crippen molar-refractivity contribution in [2.75, 3.05) is 0 Å². The molecule has 0 unspecified atom stereocenters. The standard InChI is InChI=1S/C7H6BF/c8-5-6-3-1-2-4-7(6)9/h1-4H,5H2. The summed E-state index contributed by atoms with van der Waals surface area (Å²) < 4.78 is 12.5. The molecular formula is C7H6BF. The highest BCUT2D eigenvalue weighted by atomic mass is 19.1. The molecule has 0 saturated heterocycles. The molecule has 0 aliphatic rings. The maximum atomic E-state index is 12.5. The Labute approximate surface area is 55.1 Å². The van der Waals surface area contributed by atoms with Gasteiger partial charge >= 0.3 is 0 Å². The lowest BCUT2D eigenvalue weighted by atomic mass is 9.97. The fourth-order valence-electron chi connectivity index (χ4n) is 0.664. The quantitative estimate of drug-likeness (QED) is 0.492. The average Bonchev–Trinajstić information content (AvgIpc) is 1.89. The Morgan fingerprint density at radius 2 is 2.00 bits per heavy atom. The Balaban J connectivity index is 3.01. The van der Waals surface area contributed by atoms with Gasteiger partial charge in [0, 0.05) is 0 Å². The molecule has 0 aromatic heterocycles. The zero-order valence-electron chi connectivity index (χ0n) is 4.97. The van der Waals surface area contributed by atoms with E-state index in [9.17, 15) is 4.39 Å². The van der Waals surface area contributed by atoms with Crippen molar-refractivity contribution in [1.82, 2.24) is 0 Å². The van der Waals surface area contributed by atoms with Gasteiger partial charge in [-0.15, -0.1) is 0 Å². The molecule has 0 heterocycles. The van der Waals surface area contributed by atoms with Crippen LogP contribution in [0.3, 0.4) is 0 Å². The molecule has 0 atom stereocenters. The van der Waals surface area contributed by atoms with Gasteiger partial charge in [0.2, 0.25) is 0 Å². The van der Waals surface area contributed by atoms with Gasteiger partial charge in [0.1, 0.15) is 5.82 Å². The van der Waals surface area contributed by atoms with E-state index in [4.69, 9.17) is 7.85 Å². The molecule has 1 rings (SSSR count). The van der Waals surface area contributed by atoms with Crippen molar-refractivity contribution in [1.29, 1.82) is 0 Å². The van der Waals surface area contributed by atoms with Gasteiger partial charge in [0.15, 0.2) is 0 Å². The van der Waals surface area contributed by atoms with Crippen molar-refractivity contribution in [2.45, 2.75) is 6.32 Å². The molecule has 1 aromatic carbocycles. The summed E-state index contributed by atoms with van der Waals surface area (Å²) in [5.41, 5.74) is 0.567. The molecule has 0 fully saturated rings. The average molecular weight is 120 g/mol. The number of hydrogen-bond donors (Lipinski definition) is 0. The van der Waals surface area contributed by atoms with Crippen LogP contribution >= 0.6 is 0 Å². The Kier molecular flexibility index (Phi) is 1.88. The third-order valence-corrected chi connectivity index (χ3v) is 1.18. The van der Waals surface area contributed by atoms with Crippen molar-refractivity contribution in [2.24, 2.45) is 0 Å². The lowest BCUT2D eigenvalue weighted by Gasteiger charge is -1.94. The molecule has 0 nitrogen and oxygen atoms in total. The molecule has 0 spiro atoms. The first kappa shape index (κ1) is 6.34. The minimum Gasteiger partial charge on any atom is -0.207 e.